The van der Waals surface area contributed by atoms with E-state index in [1.807, 2.05) is 0 Å². The van der Waals surface area contributed by atoms with Crippen molar-refractivity contribution in [2.24, 2.45) is 11.3 Å². The zero-order valence-electron chi connectivity index (χ0n) is 12.0. The van der Waals surface area contributed by atoms with E-state index in [4.69, 9.17) is 5.11 Å². The van der Waals surface area contributed by atoms with Gasteiger partial charge in [0.1, 0.15) is 0 Å². The largest absolute Gasteiger partial charge is 0.480 e. The van der Waals surface area contributed by atoms with E-state index in [9.17, 15) is 14.7 Å². The molecule has 3 N–H and O–H groups in total. The van der Waals surface area contributed by atoms with E-state index < -0.39 is 23.5 Å². The van der Waals surface area contributed by atoms with Gasteiger partial charge in [0.2, 0.25) is 5.91 Å². The Morgan fingerprint density at radius 1 is 1.21 bits per heavy atom. The van der Waals surface area contributed by atoms with E-state index in [1.54, 1.807) is 0 Å². The zero-order chi connectivity index (χ0) is 14.6. The summed E-state index contributed by atoms with van der Waals surface area (Å²) in [6.07, 6.45) is 3.30. The molecule has 1 rings (SSSR count). The third kappa shape index (κ3) is 3.93. The molecule has 0 unspecified atom stereocenters. The summed E-state index contributed by atoms with van der Waals surface area (Å²) >= 11 is 0. The molecule has 0 aromatic rings. The molecule has 1 fully saturated rings. The molecule has 0 aromatic carbocycles. The SMILES string of the molecule is CC(C)CC1(C(=O)N[C@H](C(=O)O)[C@@H](C)O)CCCC1. The van der Waals surface area contributed by atoms with Gasteiger partial charge >= 0.3 is 5.97 Å². The number of hydrogen-bond donors (Lipinski definition) is 3. The van der Waals surface area contributed by atoms with E-state index in [0.29, 0.717) is 5.92 Å². The zero-order valence-corrected chi connectivity index (χ0v) is 12.0. The van der Waals surface area contributed by atoms with Crippen molar-refractivity contribution in [1.82, 2.24) is 5.32 Å². The summed E-state index contributed by atoms with van der Waals surface area (Å²) < 4.78 is 0. The highest BCUT2D eigenvalue weighted by Crippen LogP contribution is 2.43. The van der Waals surface area contributed by atoms with Crippen LogP contribution in [0.4, 0.5) is 0 Å². The van der Waals surface area contributed by atoms with Crippen LogP contribution in [0.15, 0.2) is 0 Å². The van der Waals surface area contributed by atoms with Crippen LogP contribution in [-0.2, 0) is 9.59 Å². The number of carboxylic acid groups (broad SMARTS) is 1. The van der Waals surface area contributed by atoms with E-state index in [-0.39, 0.29) is 5.91 Å². The van der Waals surface area contributed by atoms with Crippen molar-refractivity contribution >= 4 is 11.9 Å². The van der Waals surface area contributed by atoms with Crippen LogP contribution in [0.3, 0.4) is 0 Å². The highest BCUT2D eigenvalue weighted by Gasteiger charge is 2.43. The predicted octanol–water partition coefficient (Wildman–Crippen LogP) is 1.54. The van der Waals surface area contributed by atoms with Crippen molar-refractivity contribution in [3.63, 3.8) is 0 Å². The highest BCUT2D eigenvalue weighted by molar-refractivity contribution is 5.88. The fourth-order valence-electron chi connectivity index (χ4n) is 3.04. The molecule has 1 aliphatic carbocycles. The van der Waals surface area contributed by atoms with Gasteiger partial charge in [-0.25, -0.2) is 4.79 Å². The Labute approximate surface area is 114 Å². The standard InChI is InChI=1S/C14H25NO4/c1-9(2)8-14(6-4-5-7-14)13(19)15-11(10(3)16)12(17)18/h9-11,16H,4-8H2,1-3H3,(H,15,19)(H,17,18)/t10-,11+/m1/s1. The normalized spacial score (nSPS) is 21.1. The first-order valence-electron chi connectivity index (χ1n) is 7.00. The van der Waals surface area contributed by atoms with Crippen LogP contribution in [0.5, 0.6) is 0 Å². The molecule has 1 aliphatic rings. The van der Waals surface area contributed by atoms with Gasteiger partial charge in [-0.2, -0.15) is 0 Å². The van der Waals surface area contributed by atoms with Crippen molar-refractivity contribution in [3.05, 3.63) is 0 Å². The number of nitrogens with one attached hydrogen (secondary N) is 1. The van der Waals surface area contributed by atoms with Crippen molar-refractivity contribution in [2.45, 2.75) is 65.0 Å². The van der Waals surface area contributed by atoms with Crippen LogP contribution in [-0.4, -0.2) is 34.2 Å². The fraction of sp³-hybridized carbons (Fsp3) is 0.857. The van der Waals surface area contributed by atoms with Crippen molar-refractivity contribution in [1.29, 1.82) is 0 Å². The summed E-state index contributed by atoms with van der Waals surface area (Å²) in [6, 6.07) is -1.22. The van der Waals surface area contributed by atoms with Gasteiger partial charge in [-0.1, -0.05) is 26.7 Å². The second kappa shape index (κ2) is 6.37. The molecule has 1 amide bonds. The smallest absolute Gasteiger partial charge is 0.328 e. The molecule has 0 aliphatic heterocycles. The third-order valence-electron chi connectivity index (χ3n) is 3.88. The molecule has 0 spiro atoms. The van der Waals surface area contributed by atoms with Gasteiger partial charge in [0, 0.05) is 5.41 Å². The second-order valence-electron chi connectivity index (χ2n) is 6.12. The molecule has 2 atom stereocenters. The minimum Gasteiger partial charge on any atom is -0.480 e. The minimum atomic E-state index is -1.22. The lowest BCUT2D eigenvalue weighted by Gasteiger charge is -2.31. The maximum absolute atomic E-state index is 12.4. The lowest BCUT2D eigenvalue weighted by Crippen LogP contribution is -2.52. The topological polar surface area (TPSA) is 86.6 Å². The van der Waals surface area contributed by atoms with Crippen LogP contribution in [0.1, 0.15) is 52.9 Å². The number of amides is 1. The van der Waals surface area contributed by atoms with Crippen LogP contribution >= 0.6 is 0 Å². The fourth-order valence-corrected chi connectivity index (χ4v) is 3.04. The van der Waals surface area contributed by atoms with E-state index in [0.717, 1.165) is 32.1 Å². The monoisotopic (exact) mass is 271 g/mol. The number of carbonyl (C=O) groups excluding carboxylic acids is 1. The Morgan fingerprint density at radius 2 is 1.74 bits per heavy atom. The Bertz CT molecular complexity index is 332. The lowest BCUT2D eigenvalue weighted by atomic mass is 9.77. The molecule has 0 aromatic heterocycles. The Balaban J connectivity index is 2.80. The summed E-state index contributed by atoms with van der Waals surface area (Å²) in [4.78, 5) is 23.5. The van der Waals surface area contributed by atoms with Gasteiger partial charge < -0.3 is 15.5 Å². The predicted molar refractivity (Wildman–Crippen MR) is 71.6 cm³/mol. The molecule has 5 nitrogen and oxygen atoms in total. The van der Waals surface area contributed by atoms with Gasteiger partial charge in [-0.05, 0) is 32.1 Å². The van der Waals surface area contributed by atoms with Gasteiger partial charge in [-0.3, -0.25) is 4.79 Å². The highest BCUT2D eigenvalue weighted by atomic mass is 16.4. The van der Waals surface area contributed by atoms with Crippen LogP contribution in [0, 0.1) is 11.3 Å². The van der Waals surface area contributed by atoms with Crippen molar-refractivity contribution in [3.8, 4) is 0 Å². The lowest BCUT2D eigenvalue weighted by molar-refractivity contribution is -0.147. The first kappa shape index (κ1) is 16.0. The number of carbonyl (C=O) groups is 2. The average Bonchev–Trinajstić information content (AvgIpc) is 2.73. The maximum Gasteiger partial charge on any atom is 0.328 e. The molecule has 0 heterocycles. The molecule has 0 bridgehead atoms. The van der Waals surface area contributed by atoms with E-state index >= 15 is 0 Å². The minimum absolute atomic E-state index is 0.216. The average molecular weight is 271 g/mol. The van der Waals surface area contributed by atoms with E-state index in [1.165, 1.54) is 6.92 Å². The van der Waals surface area contributed by atoms with Gasteiger partial charge in [0.25, 0.3) is 0 Å². The van der Waals surface area contributed by atoms with Crippen LogP contribution < -0.4 is 5.32 Å². The summed E-state index contributed by atoms with van der Waals surface area (Å²) in [5, 5.41) is 21.0. The molecular formula is C14H25NO4. The maximum atomic E-state index is 12.4. The third-order valence-corrected chi connectivity index (χ3v) is 3.88. The van der Waals surface area contributed by atoms with Crippen molar-refractivity contribution in [2.75, 3.05) is 0 Å². The summed E-state index contributed by atoms with van der Waals surface area (Å²) in [7, 11) is 0. The Hall–Kier alpha value is -1.10. The van der Waals surface area contributed by atoms with Crippen LogP contribution in [0.25, 0.3) is 0 Å². The summed E-state index contributed by atoms with van der Waals surface area (Å²) in [6.45, 7) is 5.51. The molecule has 0 radical (unpaired) electrons. The quantitative estimate of drug-likeness (QED) is 0.684. The first-order chi connectivity index (χ1) is 8.78. The number of hydrogen-bond acceptors (Lipinski definition) is 3. The molecule has 0 saturated heterocycles. The molecule has 19 heavy (non-hydrogen) atoms. The molecular weight excluding hydrogens is 246 g/mol. The summed E-state index contributed by atoms with van der Waals surface area (Å²) in [5.74, 6) is -1.02. The number of aliphatic carboxylic acids is 1. The van der Waals surface area contributed by atoms with Gasteiger partial charge in [-0.15, -0.1) is 0 Å². The number of aliphatic hydroxyl groups is 1. The molecule has 110 valence electrons. The number of rotatable bonds is 6. The molecule has 1 saturated carbocycles. The summed E-state index contributed by atoms with van der Waals surface area (Å²) in [5.41, 5.74) is -0.448. The number of aliphatic hydroxyl groups excluding tert-OH is 1. The van der Waals surface area contributed by atoms with Crippen LogP contribution in [0.2, 0.25) is 0 Å². The number of carboxylic acids is 1. The Morgan fingerprint density at radius 3 is 2.11 bits per heavy atom. The van der Waals surface area contributed by atoms with Crippen molar-refractivity contribution < 1.29 is 19.8 Å². The van der Waals surface area contributed by atoms with Gasteiger partial charge in [0.15, 0.2) is 6.04 Å². The first-order valence-corrected chi connectivity index (χ1v) is 7.00. The second-order valence-corrected chi connectivity index (χ2v) is 6.12. The Kier molecular flexibility index (Phi) is 5.35. The van der Waals surface area contributed by atoms with E-state index in [2.05, 4.69) is 19.2 Å². The molecule has 5 heteroatoms. The van der Waals surface area contributed by atoms with Gasteiger partial charge in [0.05, 0.1) is 6.10 Å².